The summed E-state index contributed by atoms with van der Waals surface area (Å²) in [6.45, 7) is 1.34. The van der Waals surface area contributed by atoms with Crippen LogP contribution >= 0.6 is 11.6 Å². The lowest BCUT2D eigenvalue weighted by atomic mass is 10.2. The largest absolute Gasteiger partial charge is 0.314 e. The van der Waals surface area contributed by atoms with Gasteiger partial charge in [-0.3, -0.25) is 0 Å². The molecule has 1 aromatic carbocycles. The van der Waals surface area contributed by atoms with Gasteiger partial charge in [0.25, 0.3) is 0 Å². The molecule has 3 rings (SSSR count). The first-order chi connectivity index (χ1) is 9.00. The number of nitrogens with one attached hydrogen (secondary N) is 1. The van der Waals surface area contributed by atoms with E-state index in [0.717, 1.165) is 18.9 Å². The predicted octanol–water partition coefficient (Wildman–Crippen LogP) is 1.60. The summed E-state index contributed by atoms with van der Waals surface area (Å²) in [5.41, 5.74) is 0. The molecule has 0 aromatic heterocycles. The quantitative estimate of drug-likeness (QED) is 0.903. The molecule has 2 aliphatic rings. The molecule has 4 nitrogen and oxygen atoms in total. The van der Waals surface area contributed by atoms with Crippen molar-refractivity contribution in [3.8, 4) is 0 Å². The highest BCUT2D eigenvalue weighted by atomic mass is 35.5. The molecule has 2 saturated heterocycles. The van der Waals surface area contributed by atoms with Crippen LogP contribution in [0.1, 0.15) is 12.8 Å². The first-order valence-corrected chi connectivity index (χ1v) is 8.01. The van der Waals surface area contributed by atoms with Crippen LogP contribution in [0.5, 0.6) is 0 Å². The zero-order valence-electron chi connectivity index (χ0n) is 10.1. The van der Waals surface area contributed by atoms with E-state index >= 15 is 0 Å². The third-order valence-corrected chi connectivity index (χ3v) is 6.07. The van der Waals surface area contributed by atoms with Gasteiger partial charge in [0.05, 0.1) is 9.92 Å². The zero-order valence-corrected chi connectivity index (χ0v) is 11.7. The van der Waals surface area contributed by atoms with Gasteiger partial charge in [-0.05, 0) is 31.0 Å². The van der Waals surface area contributed by atoms with Crippen molar-refractivity contribution in [1.29, 1.82) is 0 Å². The minimum absolute atomic E-state index is 0.00687. The topological polar surface area (TPSA) is 49.4 Å². The Kier molecular flexibility index (Phi) is 3.29. The van der Waals surface area contributed by atoms with Crippen molar-refractivity contribution in [2.45, 2.75) is 29.8 Å². The summed E-state index contributed by atoms with van der Waals surface area (Å²) in [5, 5.41) is 3.07. The predicted molar refractivity (Wildman–Crippen MR) is 70.1 cm³/mol. The van der Waals surface area contributed by atoms with Crippen molar-refractivity contribution in [3.63, 3.8) is 0 Å². The normalized spacial score (nSPS) is 27.7. The second-order valence-corrected chi connectivity index (χ2v) is 7.20. The number of piperazine rings is 1. The monoisotopic (exact) mass is 304 g/mol. The van der Waals surface area contributed by atoms with Crippen LogP contribution in [-0.4, -0.2) is 37.9 Å². The molecule has 0 aliphatic carbocycles. The van der Waals surface area contributed by atoms with Crippen LogP contribution in [-0.2, 0) is 10.0 Å². The third kappa shape index (κ3) is 2.16. The first-order valence-electron chi connectivity index (χ1n) is 6.19. The number of fused-ring (bicyclic) bond motifs is 2. The Labute approximate surface area is 116 Å². The molecular weight excluding hydrogens is 291 g/mol. The van der Waals surface area contributed by atoms with Crippen molar-refractivity contribution < 1.29 is 12.8 Å². The van der Waals surface area contributed by atoms with Crippen LogP contribution in [0.15, 0.2) is 23.1 Å². The summed E-state index contributed by atoms with van der Waals surface area (Å²) in [6, 6.07) is 3.55. The molecule has 0 amide bonds. The lowest BCUT2D eigenvalue weighted by molar-refractivity contribution is 0.263. The Balaban J connectivity index is 2.00. The van der Waals surface area contributed by atoms with Crippen molar-refractivity contribution >= 4 is 21.6 Å². The van der Waals surface area contributed by atoms with E-state index in [9.17, 15) is 12.8 Å². The van der Waals surface area contributed by atoms with Crippen LogP contribution < -0.4 is 5.32 Å². The van der Waals surface area contributed by atoms with Crippen LogP contribution in [0.3, 0.4) is 0 Å². The molecule has 2 fully saturated rings. The molecule has 2 bridgehead atoms. The van der Waals surface area contributed by atoms with Gasteiger partial charge in [-0.25, -0.2) is 12.8 Å². The van der Waals surface area contributed by atoms with Gasteiger partial charge in [0.2, 0.25) is 10.0 Å². The van der Waals surface area contributed by atoms with Gasteiger partial charge >= 0.3 is 0 Å². The summed E-state index contributed by atoms with van der Waals surface area (Å²) in [4.78, 5) is 0.0673. The standard InChI is InChI=1S/C12H14ClFN2O2S/c13-11-5-10(3-4-12(11)14)19(17,18)16-8-1-2-9(16)7-15-6-8/h3-5,8-9,15H,1-2,6-7H2. The molecule has 0 saturated carbocycles. The molecule has 0 radical (unpaired) electrons. The first kappa shape index (κ1) is 13.3. The van der Waals surface area contributed by atoms with Gasteiger partial charge in [0, 0.05) is 25.2 Å². The molecule has 2 heterocycles. The van der Waals surface area contributed by atoms with Gasteiger partial charge in [0.15, 0.2) is 0 Å². The number of benzene rings is 1. The van der Waals surface area contributed by atoms with Crippen LogP contribution in [0.25, 0.3) is 0 Å². The molecule has 104 valence electrons. The summed E-state index contributed by atoms with van der Waals surface area (Å²) < 4.78 is 40.0. The number of sulfonamides is 1. The van der Waals surface area contributed by atoms with Gasteiger partial charge in [-0.1, -0.05) is 11.6 Å². The Bertz CT molecular complexity index is 592. The Morgan fingerprint density at radius 3 is 2.47 bits per heavy atom. The Morgan fingerprint density at radius 2 is 1.89 bits per heavy atom. The van der Waals surface area contributed by atoms with Crippen molar-refractivity contribution in [2.75, 3.05) is 13.1 Å². The second kappa shape index (κ2) is 4.70. The molecule has 2 atom stereocenters. The molecule has 2 unspecified atom stereocenters. The van der Waals surface area contributed by atoms with E-state index in [4.69, 9.17) is 11.6 Å². The van der Waals surface area contributed by atoms with Crippen molar-refractivity contribution in [2.24, 2.45) is 0 Å². The lowest BCUT2D eigenvalue weighted by Gasteiger charge is -2.34. The van der Waals surface area contributed by atoms with Crippen LogP contribution in [0.2, 0.25) is 5.02 Å². The molecule has 1 aromatic rings. The highest BCUT2D eigenvalue weighted by molar-refractivity contribution is 7.89. The number of halogens is 2. The highest BCUT2D eigenvalue weighted by Crippen LogP contribution is 2.33. The van der Waals surface area contributed by atoms with Crippen LogP contribution in [0.4, 0.5) is 4.39 Å². The Hall–Kier alpha value is -0.690. The van der Waals surface area contributed by atoms with E-state index in [1.165, 1.54) is 12.1 Å². The van der Waals surface area contributed by atoms with E-state index in [-0.39, 0.29) is 22.0 Å². The summed E-state index contributed by atoms with van der Waals surface area (Å²) >= 11 is 5.68. The van der Waals surface area contributed by atoms with Crippen molar-refractivity contribution in [3.05, 3.63) is 29.0 Å². The maximum Gasteiger partial charge on any atom is 0.243 e. The third-order valence-electron chi connectivity index (χ3n) is 3.78. The maximum atomic E-state index is 13.1. The molecule has 1 N–H and O–H groups in total. The van der Waals surface area contributed by atoms with E-state index in [0.29, 0.717) is 13.1 Å². The fourth-order valence-corrected chi connectivity index (χ4v) is 5.03. The minimum atomic E-state index is -3.59. The zero-order chi connectivity index (χ0) is 13.6. The molecular formula is C12H14ClFN2O2S. The number of hydrogen-bond acceptors (Lipinski definition) is 3. The number of hydrogen-bond donors (Lipinski definition) is 1. The second-order valence-electron chi connectivity index (χ2n) is 4.95. The minimum Gasteiger partial charge on any atom is -0.314 e. The van der Waals surface area contributed by atoms with E-state index in [1.54, 1.807) is 4.31 Å². The number of rotatable bonds is 2. The Morgan fingerprint density at radius 1 is 1.26 bits per heavy atom. The van der Waals surface area contributed by atoms with Crippen molar-refractivity contribution in [1.82, 2.24) is 9.62 Å². The average molecular weight is 305 g/mol. The van der Waals surface area contributed by atoms with Gasteiger partial charge in [-0.15, -0.1) is 0 Å². The van der Waals surface area contributed by atoms with E-state index < -0.39 is 15.8 Å². The summed E-state index contributed by atoms with van der Waals surface area (Å²) in [7, 11) is -3.59. The summed E-state index contributed by atoms with van der Waals surface area (Å²) in [5.74, 6) is -0.608. The SMILES string of the molecule is O=S(=O)(c1ccc(F)c(Cl)c1)N1C2CCC1CNC2. The van der Waals surface area contributed by atoms with E-state index in [2.05, 4.69) is 5.32 Å². The number of nitrogens with zero attached hydrogens (tertiary/aromatic N) is 1. The van der Waals surface area contributed by atoms with Gasteiger partial charge in [-0.2, -0.15) is 4.31 Å². The fraction of sp³-hybridized carbons (Fsp3) is 0.500. The molecule has 2 aliphatic heterocycles. The van der Waals surface area contributed by atoms with E-state index in [1.807, 2.05) is 0 Å². The molecule has 7 heteroatoms. The molecule has 19 heavy (non-hydrogen) atoms. The average Bonchev–Trinajstić information content (AvgIpc) is 2.64. The fourth-order valence-electron chi connectivity index (χ4n) is 2.89. The highest BCUT2D eigenvalue weighted by Gasteiger charge is 2.44. The van der Waals surface area contributed by atoms with Gasteiger partial charge < -0.3 is 5.32 Å². The smallest absolute Gasteiger partial charge is 0.243 e. The van der Waals surface area contributed by atoms with Crippen LogP contribution in [0, 0.1) is 5.82 Å². The maximum absolute atomic E-state index is 13.1. The van der Waals surface area contributed by atoms with Gasteiger partial charge in [0.1, 0.15) is 5.82 Å². The molecule has 0 spiro atoms. The lowest BCUT2D eigenvalue weighted by Crippen LogP contribution is -2.53. The summed E-state index contributed by atoms with van der Waals surface area (Å²) in [6.07, 6.45) is 1.73.